The number of nitrogens with zero attached hydrogens (tertiary/aromatic N) is 2. The Balaban J connectivity index is 1.72. The molecule has 0 unspecified atom stereocenters. The summed E-state index contributed by atoms with van der Waals surface area (Å²) in [6.07, 6.45) is 3.63. The topological polar surface area (TPSA) is 41.6 Å². The smallest absolute Gasteiger partial charge is 0.104 e. The first-order valence-electron chi connectivity index (χ1n) is 7.27. The number of imidazole rings is 1. The highest BCUT2D eigenvalue weighted by molar-refractivity contribution is 5.82. The van der Waals surface area contributed by atoms with Crippen molar-refractivity contribution in [3.8, 4) is 22.3 Å². The Bertz CT molecular complexity index is 922. The van der Waals surface area contributed by atoms with Crippen molar-refractivity contribution < 1.29 is 0 Å². The van der Waals surface area contributed by atoms with E-state index in [9.17, 15) is 0 Å². The van der Waals surface area contributed by atoms with Gasteiger partial charge in [-0.15, -0.1) is 0 Å². The summed E-state index contributed by atoms with van der Waals surface area (Å²) in [6.45, 7) is 1.98. The summed E-state index contributed by atoms with van der Waals surface area (Å²) in [6, 6.07) is 19.0. The van der Waals surface area contributed by atoms with Crippen LogP contribution in [0.4, 0.5) is 0 Å². The van der Waals surface area contributed by atoms with E-state index in [-0.39, 0.29) is 0 Å². The van der Waals surface area contributed by atoms with Gasteiger partial charge in [-0.25, -0.2) is 4.98 Å². The predicted octanol–water partition coefficient (Wildman–Crippen LogP) is 4.60. The summed E-state index contributed by atoms with van der Waals surface area (Å²) in [5.74, 6) is 0.945. The molecule has 0 aliphatic carbocycles. The van der Waals surface area contributed by atoms with Crippen molar-refractivity contribution in [3.63, 3.8) is 0 Å². The molecule has 0 spiro atoms. The highest BCUT2D eigenvalue weighted by Gasteiger charge is 2.04. The molecule has 1 N–H and O–H groups in total. The first-order chi connectivity index (χ1) is 10.8. The van der Waals surface area contributed by atoms with Crippen LogP contribution in [0.2, 0.25) is 0 Å². The van der Waals surface area contributed by atoms with Gasteiger partial charge < -0.3 is 4.98 Å². The zero-order chi connectivity index (χ0) is 14.9. The fourth-order valence-electron chi connectivity index (χ4n) is 2.72. The van der Waals surface area contributed by atoms with E-state index >= 15 is 0 Å². The van der Waals surface area contributed by atoms with Crippen LogP contribution in [0.5, 0.6) is 0 Å². The molecule has 0 fully saturated rings. The lowest BCUT2D eigenvalue weighted by molar-refractivity contribution is 1.17. The minimum atomic E-state index is 0.945. The standard InChI is InChI=1S/C19H15N3/c1-13-21-18-7-6-17(12-19(18)22-13)15-4-2-14(3-5-15)16-8-10-20-11-9-16/h2-12H,1H3,(H,21,22). The van der Waals surface area contributed by atoms with Crippen LogP contribution in [0.3, 0.4) is 0 Å². The fraction of sp³-hybridized carbons (Fsp3) is 0.0526. The van der Waals surface area contributed by atoms with E-state index in [0.717, 1.165) is 16.9 Å². The Labute approximate surface area is 128 Å². The van der Waals surface area contributed by atoms with Crippen LogP contribution in [0.15, 0.2) is 67.0 Å². The molecule has 2 aromatic heterocycles. The summed E-state index contributed by atoms with van der Waals surface area (Å²) >= 11 is 0. The van der Waals surface area contributed by atoms with Crippen LogP contribution in [0, 0.1) is 6.92 Å². The number of rotatable bonds is 2. The minimum Gasteiger partial charge on any atom is -0.342 e. The molecule has 4 aromatic rings. The second kappa shape index (κ2) is 5.11. The van der Waals surface area contributed by atoms with Gasteiger partial charge in [0.25, 0.3) is 0 Å². The second-order valence-electron chi connectivity index (χ2n) is 5.37. The lowest BCUT2D eigenvalue weighted by atomic mass is 10.0. The molecule has 0 amide bonds. The van der Waals surface area contributed by atoms with E-state index < -0.39 is 0 Å². The molecule has 4 rings (SSSR count). The van der Waals surface area contributed by atoms with Crippen molar-refractivity contribution in [2.75, 3.05) is 0 Å². The van der Waals surface area contributed by atoms with E-state index in [1.54, 1.807) is 0 Å². The summed E-state index contributed by atoms with van der Waals surface area (Å²) in [5.41, 5.74) is 6.86. The summed E-state index contributed by atoms with van der Waals surface area (Å²) < 4.78 is 0. The minimum absolute atomic E-state index is 0.945. The maximum Gasteiger partial charge on any atom is 0.104 e. The molecule has 3 nitrogen and oxygen atoms in total. The number of benzene rings is 2. The first kappa shape index (κ1) is 12.8. The number of nitrogens with one attached hydrogen (secondary N) is 1. The Morgan fingerprint density at radius 2 is 1.32 bits per heavy atom. The monoisotopic (exact) mass is 285 g/mol. The van der Waals surface area contributed by atoms with Gasteiger partial charge >= 0.3 is 0 Å². The molecule has 0 saturated carbocycles. The number of aromatic amines is 1. The maximum atomic E-state index is 4.44. The van der Waals surface area contributed by atoms with Crippen molar-refractivity contribution >= 4 is 11.0 Å². The van der Waals surface area contributed by atoms with Crippen LogP contribution in [-0.2, 0) is 0 Å². The number of hydrogen-bond donors (Lipinski definition) is 1. The van der Waals surface area contributed by atoms with Gasteiger partial charge in [-0.2, -0.15) is 0 Å². The summed E-state index contributed by atoms with van der Waals surface area (Å²) in [4.78, 5) is 11.8. The number of H-pyrrole nitrogens is 1. The van der Waals surface area contributed by atoms with Gasteiger partial charge in [0.2, 0.25) is 0 Å². The van der Waals surface area contributed by atoms with Crippen molar-refractivity contribution in [2.45, 2.75) is 6.92 Å². The lowest BCUT2D eigenvalue weighted by Gasteiger charge is -2.05. The van der Waals surface area contributed by atoms with Gasteiger partial charge in [0, 0.05) is 12.4 Å². The summed E-state index contributed by atoms with van der Waals surface area (Å²) in [7, 11) is 0. The predicted molar refractivity (Wildman–Crippen MR) is 89.5 cm³/mol. The molecule has 2 heterocycles. The fourth-order valence-corrected chi connectivity index (χ4v) is 2.72. The van der Waals surface area contributed by atoms with E-state index in [0.29, 0.717) is 0 Å². The van der Waals surface area contributed by atoms with Gasteiger partial charge in [0.15, 0.2) is 0 Å². The maximum absolute atomic E-state index is 4.44. The van der Waals surface area contributed by atoms with Crippen molar-refractivity contribution in [1.82, 2.24) is 15.0 Å². The van der Waals surface area contributed by atoms with Gasteiger partial charge in [0.1, 0.15) is 5.82 Å². The average molecular weight is 285 g/mol. The van der Waals surface area contributed by atoms with Gasteiger partial charge in [-0.3, -0.25) is 4.98 Å². The molecule has 0 aliphatic rings. The third kappa shape index (κ3) is 2.27. The number of pyridine rings is 1. The number of aryl methyl sites for hydroxylation is 1. The molecule has 0 radical (unpaired) electrons. The van der Waals surface area contributed by atoms with Crippen LogP contribution in [-0.4, -0.2) is 15.0 Å². The molecule has 106 valence electrons. The van der Waals surface area contributed by atoms with Crippen LogP contribution in [0.25, 0.3) is 33.3 Å². The Morgan fingerprint density at radius 3 is 2.05 bits per heavy atom. The van der Waals surface area contributed by atoms with E-state index in [4.69, 9.17) is 0 Å². The number of hydrogen-bond acceptors (Lipinski definition) is 2. The average Bonchev–Trinajstić information content (AvgIpc) is 2.95. The van der Waals surface area contributed by atoms with E-state index in [1.165, 1.54) is 22.3 Å². The molecule has 2 aromatic carbocycles. The van der Waals surface area contributed by atoms with Gasteiger partial charge in [-0.05, 0) is 53.4 Å². The number of fused-ring (bicyclic) bond motifs is 1. The molecular weight excluding hydrogens is 270 g/mol. The Morgan fingerprint density at radius 1 is 0.727 bits per heavy atom. The summed E-state index contributed by atoms with van der Waals surface area (Å²) in [5, 5.41) is 0. The zero-order valence-corrected chi connectivity index (χ0v) is 12.2. The third-order valence-electron chi connectivity index (χ3n) is 3.83. The zero-order valence-electron chi connectivity index (χ0n) is 12.2. The van der Waals surface area contributed by atoms with Crippen molar-refractivity contribution in [3.05, 3.63) is 72.8 Å². The lowest BCUT2D eigenvalue weighted by Crippen LogP contribution is -1.81. The molecule has 0 saturated heterocycles. The van der Waals surface area contributed by atoms with Crippen molar-refractivity contribution in [1.29, 1.82) is 0 Å². The van der Waals surface area contributed by atoms with Crippen LogP contribution < -0.4 is 0 Å². The van der Waals surface area contributed by atoms with Crippen molar-refractivity contribution in [2.24, 2.45) is 0 Å². The van der Waals surface area contributed by atoms with Gasteiger partial charge in [-0.1, -0.05) is 30.3 Å². The second-order valence-corrected chi connectivity index (χ2v) is 5.37. The SMILES string of the molecule is Cc1nc2ccc(-c3ccc(-c4ccncc4)cc3)cc2[nH]1. The molecule has 3 heteroatoms. The normalized spacial score (nSPS) is 11.0. The van der Waals surface area contributed by atoms with E-state index in [2.05, 4.69) is 57.4 Å². The molecule has 0 aliphatic heterocycles. The van der Waals surface area contributed by atoms with Crippen LogP contribution >= 0.6 is 0 Å². The first-order valence-corrected chi connectivity index (χ1v) is 7.27. The highest BCUT2D eigenvalue weighted by atomic mass is 14.9. The van der Waals surface area contributed by atoms with Gasteiger partial charge in [0.05, 0.1) is 11.0 Å². The molecule has 22 heavy (non-hydrogen) atoms. The molecule has 0 bridgehead atoms. The molecular formula is C19H15N3. The largest absolute Gasteiger partial charge is 0.342 e. The van der Waals surface area contributed by atoms with E-state index in [1.807, 2.05) is 31.5 Å². The Kier molecular flexibility index (Phi) is 2.97. The van der Waals surface area contributed by atoms with Crippen LogP contribution in [0.1, 0.15) is 5.82 Å². The number of aromatic nitrogens is 3. The Hall–Kier alpha value is -2.94. The highest BCUT2D eigenvalue weighted by Crippen LogP contribution is 2.26. The quantitative estimate of drug-likeness (QED) is 0.584. The molecule has 0 atom stereocenters. The third-order valence-corrected chi connectivity index (χ3v) is 3.83.